The third-order valence-corrected chi connectivity index (χ3v) is 3.67. The number of nitrogens with zero attached hydrogens (tertiary/aromatic N) is 2. The van der Waals surface area contributed by atoms with Crippen molar-refractivity contribution in [2.45, 2.75) is 0 Å². The van der Waals surface area contributed by atoms with Crippen LogP contribution in [0.2, 0.25) is 0 Å². The minimum Gasteiger partial charge on any atom is -0.455 e. The molecule has 0 saturated carbocycles. The fourth-order valence-electron chi connectivity index (χ4n) is 2.00. The van der Waals surface area contributed by atoms with Crippen molar-refractivity contribution in [1.29, 1.82) is 0 Å². The highest BCUT2D eigenvalue weighted by Gasteiger charge is 2.16. The minimum atomic E-state index is -0.418. The molecular weight excluding hydrogens is 383 g/mol. The van der Waals surface area contributed by atoms with Crippen LogP contribution < -0.4 is 4.74 Å². The van der Waals surface area contributed by atoms with Crippen molar-refractivity contribution in [3.05, 3.63) is 68.4 Å². The smallest absolute Gasteiger partial charge is 0.279 e. The van der Waals surface area contributed by atoms with Crippen LogP contribution in [0.25, 0.3) is 10.9 Å². The lowest BCUT2D eigenvalue weighted by Crippen LogP contribution is -1.93. The highest BCUT2D eigenvalue weighted by Crippen LogP contribution is 2.33. The Morgan fingerprint density at radius 1 is 1.10 bits per heavy atom. The number of aromatic nitrogens is 1. The Hall–Kier alpha value is -2.22. The van der Waals surface area contributed by atoms with Crippen LogP contribution in [-0.2, 0) is 0 Å². The van der Waals surface area contributed by atoms with Crippen LogP contribution in [0.1, 0.15) is 0 Å². The third-order valence-electron chi connectivity index (χ3n) is 2.95. The fourth-order valence-corrected chi connectivity index (χ4v) is 2.36. The minimum absolute atomic E-state index is 0.0214. The number of halogens is 1. The monoisotopic (exact) mass is 392 g/mol. The first-order valence-electron chi connectivity index (χ1n) is 6.11. The standard InChI is InChI=1S/C15H9IN2O3/c16-10-3-5-11(6-4-10)21-14-8-7-13(18(19)20)12-2-1-9-17-15(12)14/h1-9H. The van der Waals surface area contributed by atoms with Crippen molar-refractivity contribution in [2.24, 2.45) is 0 Å². The first kappa shape index (κ1) is 13.7. The van der Waals surface area contributed by atoms with Crippen molar-refractivity contribution in [1.82, 2.24) is 4.98 Å². The summed E-state index contributed by atoms with van der Waals surface area (Å²) in [7, 11) is 0. The van der Waals surface area contributed by atoms with Crippen LogP contribution in [-0.4, -0.2) is 9.91 Å². The normalized spacial score (nSPS) is 10.5. The van der Waals surface area contributed by atoms with E-state index in [0.29, 0.717) is 22.4 Å². The molecule has 0 aliphatic rings. The van der Waals surface area contributed by atoms with Crippen molar-refractivity contribution >= 4 is 39.2 Å². The van der Waals surface area contributed by atoms with Gasteiger partial charge < -0.3 is 4.74 Å². The predicted molar refractivity (Wildman–Crippen MR) is 87.6 cm³/mol. The first-order chi connectivity index (χ1) is 10.1. The third kappa shape index (κ3) is 2.80. The molecule has 0 radical (unpaired) electrons. The van der Waals surface area contributed by atoms with Gasteiger partial charge in [-0.3, -0.25) is 15.1 Å². The average molecular weight is 392 g/mol. The first-order valence-corrected chi connectivity index (χ1v) is 7.18. The van der Waals surface area contributed by atoms with Crippen molar-refractivity contribution in [2.75, 3.05) is 0 Å². The Morgan fingerprint density at radius 2 is 1.86 bits per heavy atom. The molecule has 21 heavy (non-hydrogen) atoms. The number of fused-ring (bicyclic) bond motifs is 1. The molecular formula is C15H9IN2O3. The maximum atomic E-state index is 11.1. The van der Waals surface area contributed by atoms with Gasteiger partial charge in [-0.15, -0.1) is 0 Å². The van der Waals surface area contributed by atoms with Crippen molar-refractivity contribution in [3.63, 3.8) is 0 Å². The van der Waals surface area contributed by atoms with Gasteiger partial charge in [0.25, 0.3) is 5.69 Å². The highest BCUT2D eigenvalue weighted by atomic mass is 127. The molecule has 0 N–H and O–H groups in total. The van der Waals surface area contributed by atoms with E-state index in [2.05, 4.69) is 27.6 Å². The molecule has 5 nitrogen and oxygen atoms in total. The number of ether oxygens (including phenoxy) is 1. The van der Waals surface area contributed by atoms with Crippen LogP contribution >= 0.6 is 22.6 Å². The number of nitro groups is 1. The van der Waals surface area contributed by atoms with E-state index in [9.17, 15) is 10.1 Å². The molecule has 0 saturated heterocycles. The maximum Gasteiger partial charge on any atom is 0.279 e. The molecule has 0 unspecified atom stereocenters. The number of hydrogen-bond acceptors (Lipinski definition) is 4. The lowest BCUT2D eigenvalue weighted by molar-refractivity contribution is -0.383. The summed E-state index contributed by atoms with van der Waals surface area (Å²) in [5.41, 5.74) is 0.498. The van der Waals surface area contributed by atoms with Gasteiger partial charge in [-0.25, -0.2) is 0 Å². The average Bonchev–Trinajstić information content (AvgIpc) is 2.49. The fraction of sp³-hybridized carbons (Fsp3) is 0. The van der Waals surface area contributed by atoms with Crippen LogP contribution in [0, 0.1) is 13.7 Å². The van der Waals surface area contributed by atoms with E-state index in [-0.39, 0.29) is 5.69 Å². The molecule has 0 fully saturated rings. The van der Waals surface area contributed by atoms with Gasteiger partial charge in [0.2, 0.25) is 0 Å². The number of pyridine rings is 1. The Balaban J connectivity index is 2.09. The SMILES string of the molecule is O=[N+]([O-])c1ccc(Oc2ccc(I)cc2)c2ncccc12. The number of nitro benzene ring substituents is 1. The Labute approximate surface area is 133 Å². The molecule has 1 heterocycles. The lowest BCUT2D eigenvalue weighted by atomic mass is 10.1. The summed E-state index contributed by atoms with van der Waals surface area (Å²) in [6.07, 6.45) is 1.59. The molecule has 0 amide bonds. The second kappa shape index (κ2) is 5.65. The van der Waals surface area contributed by atoms with E-state index < -0.39 is 4.92 Å². The van der Waals surface area contributed by atoms with Gasteiger partial charge in [-0.05, 0) is 65.1 Å². The summed E-state index contributed by atoms with van der Waals surface area (Å²) >= 11 is 2.21. The number of hydrogen-bond donors (Lipinski definition) is 0. The van der Waals surface area contributed by atoms with Gasteiger partial charge in [-0.2, -0.15) is 0 Å². The molecule has 1 aromatic heterocycles. The molecule has 0 spiro atoms. The van der Waals surface area contributed by atoms with E-state index in [1.165, 1.54) is 6.07 Å². The Bertz CT molecular complexity index is 819. The molecule has 104 valence electrons. The number of rotatable bonds is 3. The van der Waals surface area contributed by atoms with Gasteiger partial charge in [0.15, 0.2) is 5.75 Å². The van der Waals surface area contributed by atoms with Crippen molar-refractivity contribution < 1.29 is 9.66 Å². The van der Waals surface area contributed by atoms with Crippen LogP contribution in [0.4, 0.5) is 5.69 Å². The summed E-state index contributed by atoms with van der Waals surface area (Å²) in [4.78, 5) is 14.8. The molecule has 6 heteroatoms. The lowest BCUT2D eigenvalue weighted by Gasteiger charge is -2.08. The van der Waals surface area contributed by atoms with E-state index in [0.717, 1.165) is 3.57 Å². The molecule has 2 aromatic carbocycles. The number of benzene rings is 2. The van der Waals surface area contributed by atoms with E-state index >= 15 is 0 Å². The Morgan fingerprint density at radius 3 is 2.57 bits per heavy atom. The highest BCUT2D eigenvalue weighted by molar-refractivity contribution is 14.1. The molecule has 3 aromatic rings. The number of non-ortho nitro benzene ring substituents is 1. The summed E-state index contributed by atoms with van der Waals surface area (Å²) in [5, 5.41) is 11.5. The molecule has 0 aliphatic carbocycles. The van der Waals surface area contributed by atoms with Gasteiger partial charge in [0, 0.05) is 15.8 Å². The van der Waals surface area contributed by atoms with Gasteiger partial charge >= 0.3 is 0 Å². The molecule has 3 rings (SSSR count). The zero-order valence-corrected chi connectivity index (χ0v) is 12.9. The zero-order valence-electron chi connectivity index (χ0n) is 10.7. The summed E-state index contributed by atoms with van der Waals surface area (Å²) in [6.45, 7) is 0. The van der Waals surface area contributed by atoms with Gasteiger partial charge in [0.1, 0.15) is 11.3 Å². The largest absolute Gasteiger partial charge is 0.455 e. The zero-order chi connectivity index (χ0) is 14.8. The topological polar surface area (TPSA) is 65.3 Å². The molecule has 0 atom stereocenters. The van der Waals surface area contributed by atoms with E-state index in [1.54, 1.807) is 24.4 Å². The summed E-state index contributed by atoms with van der Waals surface area (Å²) in [5.74, 6) is 1.16. The second-order valence-electron chi connectivity index (χ2n) is 4.30. The van der Waals surface area contributed by atoms with Crippen LogP contribution in [0.15, 0.2) is 54.7 Å². The summed E-state index contributed by atoms with van der Waals surface area (Å²) in [6, 6.07) is 13.9. The van der Waals surface area contributed by atoms with Gasteiger partial charge in [-0.1, -0.05) is 0 Å². The maximum absolute atomic E-state index is 11.1. The summed E-state index contributed by atoms with van der Waals surface area (Å²) < 4.78 is 6.90. The molecule has 0 aliphatic heterocycles. The molecule has 0 bridgehead atoms. The Kier molecular flexibility index (Phi) is 3.70. The van der Waals surface area contributed by atoms with Gasteiger partial charge in [0.05, 0.1) is 10.3 Å². The van der Waals surface area contributed by atoms with Crippen LogP contribution in [0.3, 0.4) is 0 Å². The second-order valence-corrected chi connectivity index (χ2v) is 5.54. The van der Waals surface area contributed by atoms with Crippen molar-refractivity contribution in [3.8, 4) is 11.5 Å². The predicted octanol–water partition coefficient (Wildman–Crippen LogP) is 4.54. The van der Waals surface area contributed by atoms with E-state index in [4.69, 9.17) is 4.74 Å². The quantitative estimate of drug-likeness (QED) is 0.373. The van der Waals surface area contributed by atoms with E-state index in [1.807, 2.05) is 24.3 Å². The van der Waals surface area contributed by atoms with Crippen LogP contribution in [0.5, 0.6) is 11.5 Å².